The molecule has 0 fully saturated rings. The molecule has 27 heavy (non-hydrogen) atoms. The zero-order chi connectivity index (χ0) is 19.6. The Morgan fingerprint density at radius 3 is 2.41 bits per heavy atom. The van der Waals surface area contributed by atoms with E-state index in [9.17, 15) is 13.2 Å². The number of fused-ring (bicyclic) bond motifs is 1. The van der Waals surface area contributed by atoms with E-state index in [-0.39, 0.29) is 4.90 Å². The van der Waals surface area contributed by atoms with Gasteiger partial charge in [-0.25, -0.2) is 8.42 Å². The van der Waals surface area contributed by atoms with Gasteiger partial charge in [0.1, 0.15) is 0 Å². The number of benzene rings is 3. The van der Waals surface area contributed by atoms with Gasteiger partial charge in [-0.05, 0) is 54.4 Å². The summed E-state index contributed by atoms with van der Waals surface area (Å²) in [6.07, 6.45) is 0. The van der Waals surface area contributed by atoms with Crippen molar-refractivity contribution in [3.63, 3.8) is 0 Å². The minimum atomic E-state index is -3.84. The van der Waals surface area contributed by atoms with Crippen LogP contribution in [-0.4, -0.2) is 20.4 Å². The van der Waals surface area contributed by atoms with Crippen molar-refractivity contribution in [2.75, 3.05) is 5.32 Å². The number of amides is 1. The van der Waals surface area contributed by atoms with Crippen LogP contribution >= 0.6 is 11.6 Å². The first kappa shape index (κ1) is 19.4. The van der Waals surface area contributed by atoms with E-state index in [1.165, 1.54) is 13.0 Å². The summed E-state index contributed by atoms with van der Waals surface area (Å²) >= 11 is 6.05. The van der Waals surface area contributed by atoms with Gasteiger partial charge in [-0.15, -0.1) is 0 Å². The molecule has 0 aromatic heterocycles. The summed E-state index contributed by atoms with van der Waals surface area (Å²) in [5.41, 5.74) is 1.40. The minimum absolute atomic E-state index is 0.110. The molecule has 3 aromatic carbocycles. The fourth-order valence-electron chi connectivity index (χ4n) is 2.61. The SMILES string of the molecule is Cc1ccc(NC(=O)[C@@H](C)NS(=O)(=O)c2ccc3ccccc3c2)cc1Cl. The molecule has 3 rings (SSSR count). The average molecular weight is 403 g/mol. The highest BCUT2D eigenvalue weighted by molar-refractivity contribution is 7.89. The fraction of sp³-hybridized carbons (Fsp3) is 0.150. The van der Waals surface area contributed by atoms with E-state index >= 15 is 0 Å². The second-order valence-electron chi connectivity index (χ2n) is 6.31. The second-order valence-corrected chi connectivity index (χ2v) is 8.43. The molecule has 0 saturated carbocycles. The zero-order valence-electron chi connectivity index (χ0n) is 14.9. The van der Waals surface area contributed by atoms with Gasteiger partial charge in [-0.2, -0.15) is 4.72 Å². The summed E-state index contributed by atoms with van der Waals surface area (Å²) in [4.78, 5) is 12.5. The van der Waals surface area contributed by atoms with Gasteiger partial charge in [-0.3, -0.25) is 4.79 Å². The molecule has 0 spiro atoms. The maximum absolute atomic E-state index is 12.6. The Morgan fingerprint density at radius 1 is 1.00 bits per heavy atom. The maximum atomic E-state index is 12.6. The lowest BCUT2D eigenvalue weighted by Gasteiger charge is -2.15. The van der Waals surface area contributed by atoms with Crippen LogP contribution < -0.4 is 10.0 Å². The van der Waals surface area contributed by atoms with Crippen molar-refractivity contribution >= 4 is 44.0 Å². The fourth-order valence-corrected chi connectivity index (χ4v) is 4.03. The smallest absolute Gasteiger partial charge is 0.242 e. The number of carbonyl (C=O) groups excluding carboxylic acids is 1. The van der Waals surface area contributed by atoms with E-state index in [1.807, 2.05) is 31.2 Å². The molecule has 1 amide bonds. The first-order valence-electron chi connectivity index (χ1n) is 8.34. The van der Waals surface area contributed by atoms with Crippen LogP contribution in [0.25, 0.3) is 10.8 Å². The highest BCUT2D eigenvalue weighted by Crippen LogP contribution is 2.21. The number of aryl methyl sites for hydroxylation is 1. The molecule has 0 aliphatic heterocycles. The highest BCUT2D eigenvalue weighted by atomic mass is 35.5. The zero-order valence-corrected chi connectivity index (χ0v) is 16.4. The third-order valence-corrected chi connectivity index (χ3v) is 6.14. The predicted molar refractivity (Wildman–Crippen MR) is 109 cm³/mol. The van der Waals surface area contributed by atoms with Crippen LogP contribution in [0.5, 0.6) is 0 Å². The maximum Gasteiger partial charge on any atom is 0.242 e. The van der Waals surface area contributed by atoms with E-state index in [1.54, 1.807) is 30.3 Å². The lowest BCUT2D eigenvalue weighted by Crippen LogP contribution is -2.41. The van der Waals surface area contributed by atoms with Gasteiger partial charge >= 0.3 is 0 Å². The lowest BCUT2D eigenvalue weighted by molar-refractivity contribution is -0.117. The van der Waals surface area contributed by atoms with Crippen molar-refractivity contribution in [1.29, 1.82) is 0 Å². The number of rotatable bonds is 5. The summed E-state index contributed by atoms with van der Waals surface area (Å²) in [7, 11) is -3.84. The van der Waals surface area contributed by atoms with Gasteiger partial charge in [0.05, 0.1) is 10.9 Å². The van der Waals surface area contributed by atoms with E-state index in [0.717, 1.165) is 16.3 Å². The van der Waals surface area contributed by atoms with E-state index in [2.05, 4.69) is 10.0 Å². The largest absolute Gasteiger partial charge is 0.325 e. The van der Waals surface area contributed by atoms with Gasteiger partial charge in [-0.1, -0.05) is 48.0 Å². The van der Waals surface area contributed by atoms with Gasteiger partial charge in [0.15, 0.2) is 0 Å². The van der Waals surface area contributed by atoms with Crippen LogP contribution in [0.2, 0.25) is 5.02 Å². The summed E-state index contributed by atoms with van der Waals surface area (Å²) < 4.78 is 27.7. The molecule has 7 heteroatoms. The Hall–Kier alpha value is -2.41. The molecule has 0 saturated heterocycles. The summed E-state index contributed by atoms with van der Waals surface area (Å²) in [6.45, 7) is 3.35. The molecule has 140 valence electrons. The summed E-state index contributed by atoms with van der Waals surface area (Å²) in [6, 6.07) is 16.5. The Labute approximate surface area is 163 Å². The average Bonchev–Trinajstić information content (AvgIpc) is 2.64. The van der Waals surface area contributed by atoms with Crippen molar-refractivity contribution in [2.45, 2.75) is 24.8 Å². The number of hydrogen-bond acceptors (Lipinski definition) is 3. The third-order valence-electron chi connectivity index (χ3n) is 4.20. The first-order valence-corrected chi connectivity index (χ1v) is 10.2. The van der Waals surface area contributed by atoms with Crippen molar-refractivity contribution in [3.8, 4) is 0 Å². The van der Waals surface area contributed by atoms with E-state index in [0.29, 0.717) is 10.7 Å². The molecular formula is C20H19ClN2O3S. The Balaban J connectivity index is 1.75. The Kier molecular flexibility index (Phi) is 5.51. The number of hydrogen-bond donors (Lipinski definition) is 2. The van der Waals surface area contributed by atoms with Crippen molar-refractivity contribution in [1.82, 2.24) is 4.72 Å². The number of halogens is 1. The summed E-state index contributed by atoms with van der Waals surface area (Å²) in [5, 5.41) is 4.94. The molecule has 0 heterocycles. The molecule has 0 radical (unpaired) electrons. The molecule has 5 nitrogen and oxygen atoms in total. The van der Waals surface area contributed by atoms with Crippen LogP contribution in [0.3, 0.4) is 0 Å². The topological polar surface area (TPSA) is 75.3 Å². The van der Waals surface area contributed by atoms with Crippen molar-refractivity contribution in [3.05, 3.63) is 71.2 Å². The third kappa shape index (κ3) is 4.47. The number of nitrogens with one attached hydrogen (secondary N) is 2. The second kappa shape index (κ2) is 7.68. The molecule has 0 bridgehead atoms. The molecule has 2 N–H and O–H groups in total. The van der Waals surface area contributed by atoms with Gasteiger partial charge < -0.3 is 5.32 Å². The van der Waals surface area contributed by atoms with Gasteiger partial charge in [0, 0.05) is 10.7 Å². The number of sulfonamides is 1. The molecular weight excluding hydrogens is 384 g/mol. The first-order chi connectivity index (χ1) is 12.8. The quantitative estimate of drug-likeness (QED) is 0.674. The molecule has 0 unspecified atom stereocenters. The Morgan fingerprint density at radius 2 is 1.70 bits per heavy atom. The van der Waals surface area contributed by atoms with Crippen LogP contribution in [-0.2, 0) is 14.8 Å². The molecule has 3 aromatic rings. The van der Waals surface area contributed by atoms with Crippen LogP contribution in [0.15, 0.2) is 65.6 Å². The monoisotopic (exact) mass is 402 g/mol. The van der Waals surface area contributed by atoms with Gasteiger partial charge in [0.2, 0.25) is 15.9 Å². The number of anilines is 1. The van der Waals surface area contributed by atoms with Crippen LogP contribution in [0.1, 0.15) is 12.5 Å². The standard InChI is InChI=1S/C20H19ClN2O3S/c1-13-7-9-17(12-19(13)21)22-20(24)14(2)23-27(25,26)18-10-8-15-5-3-4-6-16(15)11-18/h3-12,14,23H,1-2H3,(H,22,24)/t14-/m1/s1. The van der Waals surface area contributed by atoms with E-state index in [4.69, 9.17) is 11.6 Å². The van der Waals surface area contributed by atoms with Crippen molar-refractivity contribution in [2.24, 2.45) is 0 Å². The van der Waals surface area contributed by atoms with Gasteiger partial charge in [0.25, 0.3) is 0 Å². The van der Waals surface area contributed by atoms with Crippen molar-refractivity contribution < 1.29 is 13.2 Å². The molecule has 0 aliphatic rings. The number of carbonyl (C=O) groups is 1. The summed E-state index contributed by atoms with van der Waals surface area (Å²) in [5.74, 6) is -0.473. The highest BCUT2D eigenvalue weighted by Gasteiger charge is 2.22. The normalized spacial score (nSPS) is 12.7. The molecule has 0 aliphatic carbocycles. The lowest BCUT2D eigenvalue weighted by atomic mass is 10.1. The van der Waals surface area contributed by atoms with Crippen LogP contribution in [0, 0.1) is 6.92 Å². The van der Waals surface area contributed by atoms with Crippen LogP contribution in [0.4, 0.5) is 5.69 Å². The predicted octanol–water partition coefficient (Wildman–Crippen LogP) is 4.11. The minimum Gasteiger partial charge on any atom is -0.325 e. The van der Waals surface area contributed by atoms with E-state index < -0.39 is 22.0 Å². The Bertz CT molecular complexity index is 1110. The molecule has 1 atom stereocenters.